The summed E-state index contributed by atoms with van der Waals surface area (Å²) in [4.78, 5) is 4.07. The van der Waals surface area contributed by atoms with Gasteiger partial charge < -0.3 is 10.1 Å². The van der Waals surface area contributed by atoms with Gasteiger partial charge >= 0.3 is 0 Å². The van der Waals surface area contributed by atoms with E-state index in [1.165, 1.54) is 6.07 Å². The van der Waals surface area contributed by atoms with Crippen LogP contribution >= 0.6 is 11.6 Å². The molecule has 0 amide bonds. The quantitative estimate of drug-likeness (QED) is 0.920. The van der Waals surface area contributed by atoms with Crippen molar-refractivity contribution in [3.63, 3.8) is 0 Å². The van der Waals surface area contributed by atoms with Gasteiger partial charge in [-0.3, -0.25) is 0 Å². The fourth-order valence-electron chi connectivity index (χ4n) is 1.57. The van der Waals surface area contributed by atoms with E-state index in [2.05, 4.69) is 10.3 Å². The van der Waals surface area contributed by atoms with Gasteiger partial charge in [-0.25, -0.2) is 9.37 Å². The first kappa shape index (κ1) is 12.6. The lowest BCUT2D eigenvalue weighted by molar-refractivity contribution is 0.393. The molecule has 0 bridgehead atoms. The van der Waals surface area contributed by atoms with Crippen molar-refractivity contribution in [2.45, 2.75) is 6.54 Å². The van der Waals surface area contributed by atoms with Crippen LogP contribution in [0.4, 0.5) is 10.1 Å². The van der Waals surface area contributed by atoms with Crippen molar-refractivity contribution in [3.8, 4) is 5.88 Å². The minimum Gasteiger partial charge on any atom is -0.481 e. The lowest BCUT2D eigenvalue weighted by atomic mass is 10.2. The zero-order valence-electron chi connectivity index (χ0n) is 9.78. The minimum absolute atomic E-state index is 0.372. The van der Waals surface area contributed by atoms with Crippen molar-refractivity contribution in [2.24, 2.45) is 0 Å². The van der Waals surface area contributed by atoms with Crippen LogP contribution in [0.3, 0.4) is 0 Å². The van der Waals surface area contributed by atoms with Crippen molar-refractivity contribution < 1.29 is 9.13 Å². The van der Waals surface area contributed by atoms with Gasteiger partial charge in [0, 0.05) is 23.3 Å². The van der Waals surface area contributed by atoms with Gasteiger partial charge in [0.1, 0.15) is 5.82 Å². The molecule has 0 aliphatic heterocycles. The molecule has 1 heterocycles. The van der Waals surface area contributed by atoms with Gasteiger partial charge in [0.15, 0.2) is 0 Å². The van der Waals surface area contributed by atoms with Gasteiger partial charge in [0.05, 0.1) is 12.8 Å². The average Bonchev–Trinajstić information content (AvgIpc) is 2.38. The Kier molecular flexibility index (Phi) is 3.99. The lowest BCUT2D eigenvalue weighted by Crippen LogP contribution is -2.04. The molecule has 5 heteroatoms. The number of anilines is 1. The Labute approximate surface area is 110 Å². The third kappa shape index (κ3) is 2.90. The van der Waals surface area contributed by atoms with E-state index >= 15 is 0 Å². The number of ether oxygens (including phenoxy) is 1. The average molecular weight is 267 g/mol. The summed E-state index contributed by atoms with van der Waals surface area (Å²) < 4.78 is 18.7. The van der Waals surface area contributed by atoms with Crippen LogP contribution in [0.5, 0.6) is 5.88 Å². The third-order valence-corrected chi connectivity index (χ3v) is 2.68. The first-order valence-electron chi connectivity index (χ1n) is 5.37. The molecule has 0 unspecified atom stereocenters. The molecule has 2 aromatic rings. The molecule has 0 atom stereocenters. The Morgan fingerprint density at radius 2 is 2.22 bits per heavy atom. The smallest absolute Gasteiger partial charge is 0.218 e. The first-order chi connectivity index (χ1) is 8.70. The van der Waals surface area contributed by atoms with E-state index in [9.17, 15) is 4.39 Å². The van der Waals surface area contributed by atoms with Crippen molar-refractivity contribution >= 4 is 17.3 Å². The van der Waals surface area contributed by atoms with Crippen LogP contribution in [-0.2, 0) is 6.54 Å². The van der Waals surface area contributed by atoms with Gasteiger partial charge in [0.2, 0.25) is 5.88 Å². The molecule has 3 nitrogen and oxygen atoms in total. The summed E-state index contributed by atoms with van der Waals surface area (Å²) in [5.41, 5.74) is 1.25. The standard InChI is InChI=1S/C13H12ClFN2O/c1-18-13-9(3-2-6-16-13)8-17-12-5-4-10(14)7-11(12)15/h2-7,17H,8H2,1H3. The summed E-state index contributed by atoms with van der Waals surface area (Å²) in [7, 11) is 1.55. The second-order valence-corrected chi connectivity index (χ2v) is 4.09. The largest absolute Gasteiger partial charge is 0.481 e. The summed E-state index contributed by atoms with van der Waals surface area (Å²) in [6, 6.07) is 8.17. The third-order valence-electron chi connectivity index (χ3n) is 2.44. The number of hydrogen-bond donors (Lipinski definition) is 1. The van der Waals surface area contributed by atoms with E-state index in [1.807, 2.05) is 6.07 Å². The van der Waals surface area contributed by atoms with E-state index in [0.29, 0.717) is 23.1 Å². The zero-order chi connectivity index (χ0) is 13.0. The zero-order valence-corrected chi connectivity index (χ0v) is 10.5. The van der Waals surface area contributed by atoms with Crippen molar-refractivity contribution in [1.29, 1.82) is 0 Å². The summed E-state index contributed by atoms with van der Waals surface area (Å²) in [5, 5.41) is 3.35. The maximum atomic E-state index is 13.5. The molecule has 0 saturated heterocycles. The monoisotopic (exact) mass is 266 g/mol. The van der Waals surface area contributed by atoms with Gasteiger partial charge in [-0.15, -0.1) is 0 Å². The van der Waals surface area contributed by atoms with E-state index in [0.717, 1.165) is 5.56 Å². The number of methoxy groups -OCH3 is 1. The summed E-state index contributed by atoms with van der Waals surface area (Å²) in [6.45, 7) is 0.426. The highest BCUT2D eigenvalue weighted by Gasteiger charge is 2.05. The number of aromatic nitrogens is 1. The maximum Gasteiger partial charge on any atom is 0.218 e. The van der Waals surface area contributed by atoms with Gasteiger partial charge in [-0.05, 0) is 24.3 Å². The fraction of sp³-hybridized carbons (Fsp3) is 0.154. The molecule has 1 aromatic heterocycles. The molecule has 0 spiro atoms. The Morgan fingerprint density at radius 1 is 1.39 bits per heavy atom. The Morgan fingerprint density at radius 3 is 2.94 bits per heavy atom. The molecular weight excluding hydrogens is 255 g/mol. The molecule has 1 aromatic carbocycles. The highest BCUT2D eigenvalue weighted by atomic mass is 35.5. The Balaban J connectivity index is 2.11. The predicted octanol–water partition coefficient (Wildman–Crippen LogP) is 3.49. The molecule has 1 N–H and O–H groups in total. The molecule has 0 radical (unpaired) electrons. The van der Waals surface area contributed by atoms with Crippen LogP contribution in [0.2, 0.25) is 5.02 Å². The number of rotatable bonds is 4. The Hall–Kier alpha value is -1.81. The minimum atomic E-state index is -0.384. The molecule has 0 aliphatic carbocycles. The number of hydrogen-bond acceptors (Lipinski definition) is 3. The lowest BCUT2D eigenvalue weighted by Gasteiger charge is -2.10. The molecule has 0 aliphatic rings. The SMILES string of the molecule is COc1ncccc1CNc1ccc(Cl)cc1F. The highest BCUT2D eigenvalue weighted by Crippen LogP contribution is 2.21. The molecular formula is C13H12ClFN2O. The second kappa shape index (κ2) is 5.69. The van der Waals surface area contributed by atoms with Gasteiger partial charge in [0.25, 0.3) is 0 Å². The van der Waals surface area contributed by atoms with E-state index in [-0.39, 0.29) is 5.82 Å². The maximum absolute atomic E-state index is 13.5. The topological polar surface area (TPSA) is 34.1 Å². The van der Waals surface area contributed by atoms with Crippen LogP contribution in [0.25, 0.3) is 0 Å². The predicted molar refractivity (Wildman–Crippen MR) is 69.5 cm³/mol. The van der Waals surface area contributed by atoms with E-state index in [4.69, 9.17) is 16.3 Å². The fourth-order valence-corrected chi connectivity index (χ4v) is 1.72. The second-order valence-electron chi connectivity index (χ2n) is 3.65. The van der Waals surface area contributed by atoms with Crippen LogP contribution in [0, 0.1) is 5.82 Å². The number of benzene rings is 1. The van der Waals surface area contributed by atoms with Crippen LogP contribution in [0.1, 0.15) is 5.56 Å². The number of nitrogens with zero attached hydrogens (tertiary/aromatic N) is 1. The number of nitrogens with one attached hydrogen (secondary N) is 1. The van der Waals surface area contributed by atoms with Crippen LogP contribution < -0.4 is 10.1 Å². The molecule has 0 fully saturated rings. The molecule has 0 saturated carbocycles. The van der Waals surface area contributed by atoms with E-state index in [1.54, 1.807) is 31.5 Å². The van der Waals surface area contributed by atoms with Gasteiger partial charge in [-0.2, -0.15) is 0 Å². The van der Waals surface area contributed by atoms with Gasteiger partial charge in [-0.1, -0.05) is 17.7 Å². The first-order valence-corrected chi connectivity index (χ1v) is 5.75. The number of pyridine rings is 1. The summed E-state index contributed by atoms with van der Waals surface area (Å²) >= 11 is 5.68. The van der Waals surface area contributed by atoms with E-state index < -0.39 is 0 Å². The molecule has 94 valence electrons. The van der Waals surface area contributed by atoms with Crippen molar-refractivity contribution in [2.75, 3.05) is 12.4 Å². The normalized spacial score (nSPS) is 10.2. The summed E-state index contributed by atoms with van der Waals surface area (Å²) in [5.74, 6) is 0.143. The Bertz CT molecular complexity index is 548. The number of halogens is 2. The van der Waals surface area contributed by atoms with Crippen molar-refractivity contribution in [1.82, 2.24) is 4.98 Å². The van der Waals surface area contributed by atoms with Crippen LogP contribution in [0.15, 0.2) is 36.5 Å². The van der Waals surface area contributed by atoms with Crippen molar-refractivity contribution in [3.05, 3.63) is 52.9 Å². The summed E-state index contributed by atoms with van der Waals surface area (Å²) in [6.07, 6.45) is 1.64. The molecule has 2 rings (SSSR count). The van der Waals surface area contributed by atoms with Crippen LogP contribution in [-0.4, -0.2) is 12.1 Å². The highest BCUT2D eigenvalue weighted by molar-refractivity contribution is 6.30. The molecule has 18 heavy (non-hydrogen) atoms.